The van der Waals surface area contributed by atoms with Gasteiger partial charge < -0.3 is 14.4 Å². The number of nitrogens with one attached hydrogen (secondary N) is 1. The number of hydrogen-bond acceptors (Lipinski definition) is 7. The number of sulfonamides is 1. The molecule has 32 heavy (non-hydrogen) atoms. The third-order valence-electron chi connectivity index (χ3n) is 5.25. The van der Waals surface area contributed by atoms with Gasteiger partial charge in [-0.1, -0.05) is 18.0 Å². The van der Waals surface area contributed by atoms with E-state index >= 15 is 0 Å². The largest absolute Gasteiger partial charge is 0.507 e. The second-order valence-electron chi connectivity index (χ2n) is 7.37. The number of benzene rings is 2. The third-order valence-corrected chi connectivity index (χ3v) is 6.96. The predicted octanol–water partition coefficient (Wildman–Crippen LogP) is 3.62. The molecule has 0 saturated heterocycles. The number of carbonyl (C=O) groups is 1. The van der Waals surface area contributed by atoms with E-state index in [2.05, 4.69) is 19.7 Å². The SMILES string of the molecule is COC(=O)c1cc(S(=O)(=O)Nc2ccc(Cl)c(-c3nnc4n3CCCCC4)c2)ccc1O. The van der Waals surface area contributed by atoms with Gasteiger partial charge in [0.05, 0.1) is 17.0 Å². The van der Waals surface area contributed by atoms with Gasteiger partial charge in [0.2, 0.25) is 0 Å². The molecule has 9 nitrogen and oxygen atoms in total. The summed E-state index contributed by atoms with van der Waals surface area (Å²) in [7, 11) is -2.93. The number of aromatic nitrogens is 3. The fourth-order valence-corrected chi connectivity index (χ4v) is 4.89. The topological polar surface area (TPSA) is 123 Å². The van der Waals surface area contributed by atoms with Crippen molar-refractivity contribution in [2.75, 3.05) is 11.8 Å². The number of aryl methyl sites for hydroxylation is 1. The lowest BCUT2D eigenvalue weighted by atomic mass is 10.2. The molecule has 168 valence electrons. The summed E-state index contributed by atoms with van der Waals surface area (Å²) >= 11 is 6.41. The number of hydrogen-bond donors (Lipinski definition) is 2. The molecule has 0 saturated carbocycles. The number of halogens is 1. The van der Waals surface area contributed by atoms with Gasteiger partial charge in [-0.3, -0.25) is 4.72 Å². The van der Waals surface area contributed by atoms with E-state index in [0.717, 1.165) is 57.3 Å². The number of aromatic hydroxyl groups is 1. The number of anilines is 1. The Labute approximate surface area is 190 Å². The Morgan fingerprint density at radius 1 is 1.16 bits per heavy atom. The monoisotopic (exact) mass is 476 g/mol. The van der Waals surface area contributed by atoms with Gasteiger partial charge in [-0.2, -0.15) is 0 Å². The molecule has 0 spiro atoms. The van der Waals surface area contributed by atoms with E-state index in [1.165, 1.54) is 12.1 Å². The molecule has 0 unspecified atom stereocenters. The molecule has 2 aromatic carbocycles. The van der Waals surface area contributed by atoms with Crippen LogP contribution in [0.1, 0.15) is 35.4 Å². The average molecular weight is 477 g/mol. The van der Waals surface area contributed by atoms with Gasteiger partial charge in [-0.05, 0) is 49.2 Å². The van der Waals surface area contributed by atoms with E-state index in [9.17, 15) is 18.3 Å². The van der Waals surface area contributed by atoms with Crippen LogP contribution in [-0.4, -0.2) is 41.4 Å². The van der Waals surface area contributed by atoms with Crippen LogP contribution in [0.4, 0.5) is 5.69 Å². The Morgan fingerprint density at radius 2 is 1.97 bits per heavy atom. The molecule has 0 aliphatic carbocycles. The number of methoxy groups -OCH3 is 1. The van der Waals surface area contributed by atoms with Crippen molar-refractivity contribution in [3.05, 3.63) is 52.8 Å². The first-order valence-corrected chi connectivity index (χ1v) is 11.8. The quantitative estimate of drug-likeness (QED) is 0.539. The van der Waals surface area contributed by atoms with E-state index in [0.29, 0.717) is 16.4 Å². The van der Waals surface area contributed by atoms with Crippen LogP contribution in [-0.2, 0) is 27.7 Å². The van der Waals surface area contributed by atoms with Crippen molar-refractivity contribution >= 4 is 33.3 Å². The summed E-state index contributed by atoms with van der Waals surface area (Å²) in [5, 5.41) is 18.8. The second kappa shape index (κ2) is 8.79. The number of fused-ring (bicyclic) bond motifs is 1. The first-order chi connectivity index (χ1) is 15.3. The van der Waals surface area contributed by atoms with Crippen LogP contribution >= 0.6 is 11.6 Å². The Bertz CT molecular complexity index is 1290. The van der Waals surface area contributed by atoms with Gasteiger partial charge in [0.15, 0.2) is 5.82 Å². The predicted molar refractivity (Wildman–Crippen MR) is 118 cm³/mol. The van der Waals surface area contributed by atoms with Crippen molar-refractivity contribution in [2.24, 2.45) is 0 Å². The smallest absolute Gasteiger partial charge is 0.341 e. The molecular formula is C21H21ClN4O5S. The van der Waals surface area contributed by atoms with Crippen LogP contribution in [0.2, 0.25) is 5.02 Å². The maximum atomic E-state index is 12.9. The van der Waals surface area contributed by atoms with Gasteiger partial charge in [0, 0.05) is 24.2 Å². The van der Waals surface area contributed by atoms with Gasteiger partial charge in [0.25, 0.3) is 10.0 Å². The van der Waals surface area contributed by atoms with Crippen LogP contribution in [0, 0.1) is 0 Å². The second-order valence-corrected chi connectivity index (χ2v) is 9.46. The molecule has 2 heterocycles. The Hall–Kier alpha value is -3.11. The number of rotatable bonds is 5. The molecule has 1 aliphatic heterocycles. The summed E-state index contributed by atoms with van der Waals surface area (Å²) in [5.41, 5.74) is 0.579. The number of phenolic OH excluding ortho intramolecular Hbond substituents is 1. The summed E-state index contributed by atoms with van der Waals surface area (Å²) in [6.45, 7) is 0.772. The van der Waals surface area contributed by atoms with Gasteiger partial charge >= 0.3 is 5.97 Å². The average Bonchev–Trinajstić information content (AvgIpc) is 3.02. The zero-order valence-corrected chi connectivity index (χ0v) is 18.8. The van der Waals surface area contributed by atoms with Gasteiger partial charge in [-0.25, -0.2) is 13.2 Å². The van der Waals surface area contributed by atoms with E-state index in [1.807, 2.05) is 4.57 Å². The molecule has 1 aliphatic rings. The molecule has 0 fully saturated rings. The van der Waals surface area contributed by atoms with Crippen LogP contribution < -0.4 is 4.72 Å². The van der Waals surface area contributed by atoms with Crippen LogP contribution in [0.25, 0.3) is 11.4 Å². The number of nitrogens with zero attached hydrogens (tertiary/aromatic N) is 3. The van der Waals surface area contributed by atoms with Crippen LogP contribution in [0.5, 0.6) is 5.75 Å². The summed E-state index contributed by atoms with van der Waals surface area (Å²) in [6, 6.07) is 8.09. The van der Waals surface area contributed by atoms with Crippen molar-refractivity contribution in [2.45, 2.75) is 37.1 Å². The summed E-state index contributed by atoms with van der Waals surface area (Å²) < 4.78 is 34.9. The highest BCUT2D eigenvalue weighted by Crippen LogP contribution is 2.32. The number of ether oxygens (including phenoxy) is 1. The lowest BCUT2D eigenvalue weighted by Crippen LogP contribution is -2.14. The number of phenols is 1. The normalized spacial score (nSPS) is 13.8. The number of carbonyl (C=O) groups excluding carboxylic acids is 1. The minimum Gasteiger partial charge on any atom is -0.507 e. The molecule has 1 aromatic heterocycles. The summed E-state index contributed by atoms with van der Waals surface area (Å²) in [5.74, 6) is 0.252. The molecule has 0 bridgehead atoms. The molecule has 3 aromatic rings. The highest BCUT2D eigenvalue weighted by molar-refractivity contribution is 7.92. The summed E-state index contributed by atoms with van der Waals surface area (Å²) in [6.07, 6.45) is 3.99. The molecule has 11 heteroatoms. The van der Waals surface area contributed by atoms with Crippen molar-refractivity contribution in [3.8, 4) is 17.1 Å². The van der Waals surface area contributed by atoms with Crippen molar-refractivity contribution in [1.29, 1.82) is 0 Å². The van der Waals surface area contributed by atoms with E-state index in [4.69, 9.17) is 11.6 Å². The molecule has 0 amide bonds. The maximum Gasteiger partial charge on any atom is 0.341 e. The van der Waals surface area contributed by atoms with Crippen molar-refractivity contribution < 1.29 is 23.1 Å². The van der Waals surface area contributed by atoms with Gasteiger partial charge in [0.1, 0.15) is 17.1 Å². The maximum absolute atomic E-state index is 12.9. The molecule has 0 atom stereocenters. The standard InChI is InChI=1S/C21H21ClN4O5S/c1-31-21(28)16-12-14(7-9-18(16)27)32(29,30)25-13-6-8-17(22)15(11-13)20-24-23-19-5-3-2-4-10-26(19)20/h6-9,11-12,25,27H,2-5,10H2,1H3. The minimum absolute atomic E-state index is 0.205. The summed E-state index contributed by atoms with van der Waals surface area (Å²) in [4.78, 5) is 11.6. The Morgan fingerprint density at radius 3 is 2.75 bits per heavy atom. The Balaban J connectivity index is 1.68. The highest BCUT2D eigenvalue weighted by Gasteiger charge is 2.22. The lowest BCUT2D eigenvalue weighted by molar-refractivity contribution is 0.0597. The third kappa shape index (κ3) is 4.28. The van der Waals surface area contributed by atoms with E-state index < -0.39 is 16.0 Å². The van der Waals surface area contributed by atoms with E-state index in [-0.39, 0.29) is 21.9 Å². The van der Waals surface area contributed by atoms with Crippen LogP contribution in [0.15, 0.2) is 41.3 Å². The highest BCUT2D eigenvalue weighted by atomic mass is 35.5. The van der Waals surface area contributed by atoms with Crippen LogP contribution in [0.3, 0.4) is 0 Å². The molecular weight excluding hydrogens is 456 g/mol. The molecule has 0 radical (unpaired) electrons. The van der Waals surface area contributed by atoms with E-state index in [1.54, 1.807) is 12.1 Å². The molecule has 4 rings (SSSR count). The van der Waals surface area contributed by atoms with Crippen molar-refractivity contribution in [1.82, 2.24) is 14.8 Å². The fraction of sp³-hybridized carbons (Fsp3) is 0.286. The minimum atomic E-state index is -4.07. The number of esters is 1. The first kappa shape index (κ1) is 22.1. The first-order valence-electron chi connectivity index (χ1n) is 9.96. The zero-order valence-electron chi connectivity index (χ0n) is 17.2. The zero-order chi connectivity index (χ0) is 22.9. The molecule has 2 N–H and O–H groups in total. The lowest BCUT2D eigenvalue weighted by Gasteiger charge is -2.13. The Kier molecular flexibility index (Phi) is 6.07. The fourth-order valence-electron chi connectivity index (χ4n) is 3.61. The van der Waals surface area contributed by atoms with Crippen molar-refractivity contribution in [3.63, 3.8) is 0 Å². The van der Waals surface area contributed by atoms with Gasteiger partial charge in [-0.15, -0.1) is 10.2 Å².